The van der Waals surface area contributed by atoms with Gasteiger partial charge in [-0.2, -0.15) is 4.24 Å². The molecule has 266 valence electrons. The predicted octanol–water partition coefficient (Wildman–Crippen LogP) is 9.40. The van der Waals surface area contributed by atoms with Crippen molar-refractivity contribution in [2.24, 2.45) is 0 Å². The van der Waals surface area contributed by atoms with Crippen LogP contribution < -0.4 is 19.3 Å². The van der Waals surface area contributed by atoms with Crippen LogP contribution in [0.15, 0.2) is 103 Å². The van der Waals surface area contributed by atoms with Crippen LogP contribution in [0.1, 0.15) is 59.1 Å². The van der Waals surface area contributed by atoms with E-state index in [0.29, 0.717) is 0 Å². The van der Waals surface area contributed by atoms with Crippen LogP contribution in [0.25, 0.3) is 57.6 Å². The monoisotopic (exact) mass is 704 g/mol. The van der Waals surface area contributed by atoms with Gasteiger partial charge in [0, 0.05) is 87.8 Å². The fraction of sp³-hybridized carbons (Fsp3) is 0.200. The van der Waals surface area contributed by atoms with E-state index in [1.807, 2.05) is 0 Å². The lowest BCUT2D eigenvalue weighted by Crippen LogP contribution is -2.27. The summed E-state index contributed by atoms with van der Waals surface area (Å²) in [4.78, 5) is 4.40. The summed E-state index contributed by atoms with van der Waals surface area (Å²) >= 11 is 0. The Kier molecular flexibility index (Phi) is 8.83. The van der Waals surface area contributed by atoms with Crippen LogP contribution in [0, 0.1) is 16.8 Å². The maximum atomic E-state index is 2.58. The first kappa shape index (κ1) is 33.8. The van der Waals surface area contributed by atoms with E-state index in [1.165, 1.54) is 94.2 Å². The Bertz CT molecular complexity index is 2830. The highest BCUT2D eigenvalue weighted by atomic mass is 15.1. The van der Waals surface area contributed by atoms with Crippen molar-refractivity contribution in [1.29, 1.82) is 0 Å². The minimum Gasteiger partial charge on any atom is -0.377 e. The van der Waals surface area contributed by atoms with Crippen molar-refractivity contribution in [2.45, 2.75) is 32.1 Å². The summed E-state index contributed by atoms with van der Waals surface area (Å²) in [6.07, 6.45) is 26.4. The van der Waals surface area contributed by atoms with E-state index in [1.54, 1.807) is 0 Å². The molecule has 4 heterocycles. The molecule has 0 aliphatic carbocycles. The van der Waals surface area contributed by atoms with Gasteiger partial charge in [0.05, 0.1) is 10.4 Å². The smallest absolute Gasteiger partial charge is 0.219 e. The van der Waals surface area contributed by atoms with Crippen LogP contribution in [-0.2, 0) is 6.42 Å². The van der Waals surface area contributed by atoms with Gasteiger partial charge >= 0.3 is 0 Å². The van der Waals surface area contributed by atoms with Crippen LogP contribution >= 0.6 is 0 Å². The number of rotatable bonds is 6. The molecule has 4 nitrogen and oxygen atoms in total. The average Bonchev–Trinajstić information content (AvgIpc) is 3.50. The Balaban J connectivity index is 1.28. The molecule has 54 heavy (non-hydrogen) atoms. The van der Waals surface area contributed by atoms with Crippen molar-refractivity contribution >= 4 is 75.2 Å². The van der Waals surface area contributed by atoms with E-state index < -0.39 is 0 Å². The van der Waals surface area contributed by atoms with Gasteiger partial charge in [0.1, 0.15) is 12.8 Å². The molecule has 3 aliphatic heterocycles. The molecule has 1 aromatic heterocycles. The molecule has 6 aromatic rings. The molecule has 0 spiro atoms. The molecule has 3 aliphatic rings. The van der Waals surface area contributed by atoms with Crippen molar-refractivity contribution in [3.8, 4) is 0 Å². The molecule has 0 N–H and O–H groups in total. The summed E-state index contributed by atoms with van der Waals surface area (Å²) in [5.74, 6) is 0. The minimum absolute atomic E-state index is 1.07. The summed E-state index contributed by atoms with van der Waals surface area (Å²) in [7, 11) is 8.47. The van der Waals surface area contributed by atoms with E-state index in [0.717, 1.165) is 32.2 Å². The van der Waals surface area contributed by atoms with Gasteiger partial charge in [-0.25, -0.2) is 4.58 Å². The highest BCUT2D eigenvalue weighted by Gasteiger charge is 2.26. The van der Waals surface area contributed by atoms with E-state index in [-0.39, 0.29) is 0 Å². The van der Waals surface area contributed by atoms with E-state index in [9.17, 15) is 0 Å². The summed E-state index contributed by atoms with van der Waals surface area (Å²) in [6, 6.07) is 33.7. The molecule has 0 saturated carbocycles. The van der Waals surface area contributed by atoms with Gasteiger partial charge in [-0.3, -0.25) is 0 Å². The van der Waals surface area contributed by atoms with Gasteiger partial charge in [-0.15, -0.1) is 0 Å². The third-order valence-corrected chi connectivity index (χ3v) is 11.4. The molecule has 0 atom stereocenters. The van der Waals surface area contributed by atoms with Crippen molar-refractivity contribution in [2.75, 3.05) is 44.5 Å². The van der Waals surface area contributed by atoms with Crippen LogP contribution in [0.2, 0.25) is 0 Å². The maximum absolute atomic E-state index is 2.58. The maximum Gasteiger partial charge on any atom is 0.219 e. The zero-order chi connectivity index (χ0) is 36.8. The zero-order valence-electron chi connectivity index (χ0n) is 31.9. The largest absolute Gasteiger partial charge is 0.377 e. The predicted molar refractivity (Wildman–Crippen MR) is 230 cm³/mol. The number of hydrogen-bond acceptors (Lipinski definition) is 2. The number of fused-ring (bicyclic) bond motifs is 7. The standard InChI is InChI=1S/C50H48N4/c1-51(2)45-26-24-36(40-14-5-7-16-43(40)45)21-20-35-28-32-54-31-12-18-42-38(23-22-37-25-27-46(52(3)4)44-17-8-6-15-41(37)44)34-39-13-11-30-53-29-10-9-19-47(53)49(39)50(42)48(54)33-35/h5-8,12,14-18,20-29,31-34H,9-11,13,19,30H2,1-4H3/q+2/b21-20+. The quantitative estimate of drug-likeness (QED) is 0.127. The first-order chi connectivity index (χ1) is 26.4. The number of benzene rings is 5. The van der Waals surface area contributed by atoms with Gasteiger partial charge in [-0.05, 0) is 75.2 Å². The fourth-order valence-electron chi connectivity index (χ4n) is 8.84. The topological polar surface area (TPSA) is 15.4 Å². The Labute approximate surface area is 318 Å². The third kappa shape index (κ3) is 6.06. The van der Waals surface area contributed by atoms with E-state index in [4.69, 9.17) is 0 Å². The first-order valence-corrected chi connectivity index (χ1v) is 19.4. The first-order valence-electron chi connectivity index (χ1n) is 19.4. The minimum atomic E-state index is 1.07. The molecule has 0 saturated heterocycles. The van der Waals surface area contributed by atoms with Crippen LogP contribution in [0.5, 0.6) is 0 Å². The molecule has 4 heteroatoms. The van der Waals surface area contributed by atoms with Gasteiger partial charge in [0.15, 0.2) is 18.1 Å². The van der Waals surface area contributed by atoms with Crippen molar-refractivity contribution in [3.05, 3.63) is 159 Å². The van der Waals surface area contributed by atoms with E-state index in [2.05, 4.69) is 193 Å². The zero-order valence-corrected chi connectivity index (χ0v) is 31.9. The number of hydrogen-bond donors (Lipinski definition) is 0. The van der Waals surface area contributed by atoms with Crippen molar-refractivity contribution < 1.29 is 8.82 Å². The SMILES string of the molecule is CN(C)c1ccc(/C=C/c2cc[n+]3c(c2)=c2c(c(/C=C/c4ccc(N(C)C)c5ccccc45)cc4c2=C2CCCC=[N+]2CCC4)C=CC=3)c2ccccc12. The molecular formula is C50H48N4+2. The molecule has 0 amide bonds. The van der Waals surface area contributed by atoms with E-state index >= 15 is 0 Å². The summed E-state index contributed by atoms with van der Waals surface area (Å²) in [5, 5.41) is 9.11. The second kappa shape index (κ2) is 14.1. The van der Waals surface area contributed by atoms with Crippen molar-refractivity contribution in [1.82, 2.24) is 0 Å². The molecule has 9 rings (SSSR count). The number of anilines is 2. The summed E-state index contributed by atoms with van der Waals surface area (Å²) in [5.41, 5.74) is 11.6. The fourth-order valence-corrected chi connectivity index (χ4v) is 8.84. The Morgan fingerprint density at radius 3 is 1.94 bits per heavy atom. The van der Waals surface area contributed by atoms with Gasteiger partial charge in [0.25, 0.3) is 0 Å². The molecule has 0 bridgehead atoms. The third-order valence-electron chi connectivity index (χ3n) is 11.4. The van der Waals surface area contributed by atoms with Crippen LogP contribution in [-0.4, -0.2) is 45.5 Å². The van der Waals surface area contributed by atoms with Crippen LogP contribution in [0.3, 0.4) is 0 Å². The number of nitrogens with zero attached hydrogens (tertiary/aromatic N) is 4. The van der Waals surface area contributed by atoms with Crippen molar-refractivity contribution in [3.63, 3.8) is 0 Å². The Morgan fingerprint density at radius 2 is 1.26 bits per heavy atom. The highest BCUT2D eigenvalue weighted by molar-refractivity contribution is 6.01. The molecule has 5 aromatic carbocycles. The van der Waals surface area contributed by atoms with Gasteiger partial charge < -0.3 is 9.80 Å². The number of aryl methyl sites for hydroxylation is 1. The molecular weight excluding hydrogens is 657 g/mol. The second-order valence-electron chi connectivity index (χ2n) is 15.3. The second-order valence-corrected chi connectivity index (χ2v) is 15.3. The molecule has 0 unspecified atom stereocenters. The Hall–Kier alpha value is -6.00. The number of pyridine rings is 1. The average molecular weight is 705 g/mol. The summed E-state index contributed by atoms with van der Waals surface area (Å²) in [6.45, 7) is 1.08. The Morgan fingerprint density at radius 1 is 0.611 bits per heavy atom. The highest BCUT2D eigenvalue weighted by Crippen LogP contribution is 2.32. The lowest BCUT2D eigenvalue weighted by atomic mass is 9.92. The summed E-state index contributed by atoms with van der Waals surface area (Å²) < 4.78 is 4.91. The van der Waals surface area contributed by atoms with Crippen LogP contribution in [0.4, 0.5) is 11.4 Å². The number of allylic oxidation sites excluding steroid dienone is 1. The molecule has 0 radical (unpaired) electrons. The number of aromatic nitrogens is 1. The lowest BCUT2D eigenvalue weighted by Gasteiger charge is -2.16. The lowest BCUT2D eigenvalue weighted by molar-refractivity contribution is -0.518. The van der Waals surface area contributed by atoms with Gasteiger partial charge in [0.2, 0.25) is 5.35 Å². The molecule has 0 fully saturated rings. The normalized spacial score (nSPS) is 15.0. The van der Waals surface area contributed by atoms with Gasteiger partial charge in [-0.1, -0.05) is 91.0 Å².